The smallest absolute Gasteiger partial charge is 0.129 e. The zero-order valence-corrected chi connectivity index (χ0v) is 7.85. The van der Waals surface area contributed by atoms with Gasteiger partial charge in [0.05, 0.1) is 6.61 Å². The summed E-state index contributed by atoms with van der Waals surface area (Å²) in [6, 6.07) is 3.88. The summed E-state index contributed by atoms with van der Waals surface area (Å²) in [6.45, 7) is 4.77. The van der Waals surface area contributed by atoms with E-state index in [1.807, 2.05) is 19.1 Å². The first-order valence-electron chi connectivity index (χ1n) is 3.89. The van der Waals surface area contributed by atoms with E-state index in [1.165, 1.54) is 0 Å². The number of nitrogens with zero attached hydrogens (tertiary/aromatic N) is 1. The molecule has 1 aliphatic heterocycles. The Labute approximate surface area is 76.5 Å². The number of hydrogen-bond acceptors (Lipinski definition) is 2. The van der Waals surface area contributed by atoms with Gasteiger partial charge in [-0.2, -0.15) is 0 Å². The normalized spacial score (nSPS) is 27.2. The molecule has 1 unspecified atom stereocenters. The molecule has 0 bridgehead atoms. The van der Waals surface area contributed by atoms with Crippen LogP contribution in [0.25, 0.3) is 0 Å². The van der Waals surface area contributed by atoms with Crippen LogP contribution < -0.4 is 0 Å². The van der Waals surface area contributed by atoms with Gasteiger partial charge in [-0.25, -0.2) is 4.98 Å². The molecular weight excluding hydrogens is 174 g/mol. The zero-order chi connectivity index (χ0) is 8.77. The van der Waals surface area contributed by atoms with Crippen LogP contribution in [-0.4, -0.2) is 11.6 Å². The van der Waals surface area contributed by atoms with Crippen molar-refractivity contribution in [3.63, 3.8) is 0 Å². The second kappa shape index (κ2) is 2.44. The van der Waals surface area contributed by atoms with Crippen molar-refractivity contribution in [2.24, 2.45) is 0 Å². The summed E-state index contributed by atoms with van der Waals surface area (Å²) < 4.78 is 5.31. The van der Waals surface area contributed by atoms with Crippen LogP contribution in [0.3, 0.4) is 0 Å². The lowest BCUT2D eigenvalue weighted by Gasteiger charge is -2.06. The van der Waals surface area contributed by atoms with Crippen molar-refractivity contribution in [3.8, 4) is 0 Å². The molecule has 0 amide bonds. The lowest BCUT2D eigenvalue weighted by molar-refractivity contribution is 0.329. The largest absolute Gasteiger partial charge is 0.365 e. The topological polar surface area (TPSA) is 25.4 Å². The van der Waals surface area contributed by atoms with E-state index in [1.54, 1.807) is 0 Å². The maximum absolute atomic E-state index is 5.82. The fourth-order valence-electron chi connectivity index (χ4n) is 1.21. The fourth-order valence-corrected chi connectivity index (χ4v) is 1.46. The van der Waals surface area contributed by atoms with Gasteiger partial charge in [-0.05, 0) is 31.5 Å². The second-order valence-corrected chi connectivity index (χ2v) is 3.73. The van der Waals surface area contributed by atoms with Crippen molar-refractivity contribution in [1.82, 2.24) is 4.98 Å². The first kappa shape index (κ1) is 8.02. The Hall–Kier alpha value is -0.600. The van der Waals surface area contributed by atoms with Crippen LogP contribution in [0.5, 0.6) is 0 Å². The fraction of sp³-hybridized carbons (Fsp3) is 0.444. The van der Waals surface area contributed by atoms with Gasteiger partial charge in [0.15, 0.2) is 0 Å². The van der Waals surface area contributed by atoms with Crippen molar-refractivity contribution in [1.29, 1.82) is 0 Å². The maximum Gasteiger partial charge on any atom is 0.129 e. The van der Waals surface area contributed by atoms with Crippen LogP contribution in [0, 0.1) is 6.92 Å². The molecule has 2 rings (SSSR count). The number of ether oxygens (including phenoxy) is 1. The molecular formula is C9H10ClNO. The highest BCUT2D eigenvalue weighted by Gasteiger charge is 2.41. The van der Waals surface area contributed by atoms with Gasteiger partial charge in [0.1, 0.15) is 10.8 Å². The Bertz CT molecular complexity index is 300. The van der Waals surface area contributed by atoms with Gasteiger partial charge < -0.3 is 4.74 Å². The number of halogens is 1. The van der Waals surface area contributed by atoms with E-state index in [4.69, 9.17) is 16.3 Å². The van der Waals surface area contributed by atoms with E-state index in [0.717, 1.165) is 17.9 Å². The van der Waals surface area contributed by atoms with Crippen LogP contribution in [0.1, 0.15) is 18.2 Å². The van der Waals surface area contributed by atoms with Gasteiger partial charge in [0.2, 0.25) is 0 Å². The van der Waals surface area contributed by atoms with Gasteiger partial charge in [0, 0.05) is 5.69 Å². The molecule has 1 aromatic heterocycles. The Morgan fingerprint density at radius 2 is 2.25 bits per heavy atom. The highest BCUT2D eigenvalue weighted by Crippen LogP contribution is 2.38. The van der Waals surface area contributed by atoms with Crippen molar-refractivity contribution in [2.75, 3.05) is 6.61 Å². The molecule has 1 saturated heterocycles. The highest BCUT2D eigenvalue weighted by atomic mass is 35.5. The van der Waals surface area contributed by atoms with E-state index in [2.05, 4.69) is 11.9 Å². The first-order valence-corrected chi connectivity index (χ1v) is 4.27. The highest BCUT2D eigenvalue weighted by molar-refractivity contribution is 6.29. The minimum absolute atomic E-state index is 0.0999. The molecule has 1 aromatic rings. The van der Waals surface area contributed by atoms with Crippen LogP contribution in [0.15, 0.2) is 12.1 Å². The van der Waals surface area contributed by atoms with Crippen LogP contribution in [0.2, 0.25) is 5.15 Å². The van der Waals surface area contributed by atoms with Crippen LogP contribution in [-0.2, 0) is 10.3 Å². The SMILES string of the molecule is Cc1cc(C2(C)CO2)cc(Cl)n1. The molecule has 0 radical (unpaired) electrons. The van der Waals surface area contributed by atoms with Gasteiger partial charge in [-0.15, -0.1) is 0 Å². The van der Waals surface area contributed by atoms with Gasteiger partial charge in [-0.3, -0.25) is 0 Å². The van der Waals surface area contributed by atoms with Crippen molar-refractivity contribution < 1.29 is 4.74 Å². The quantitative estimate of drug-likeness (QED) is 0.493. The maximum atomic E-state index is 5.82. The third-order valence-corrected chi connectivity index (χ3v) is 2.30. The summed E-state index contributed by atoms with van der Waals surface area (Å²) in [5.41, 5.74) is 1.96. The average molecular weight is 184 g/mol. The number of aryl methyl sites for hydroxylation is 1. The van der Waals surface area contributed by atoms with Crippen LogP contribution >= 0.6 is 11.6 Å². The summed E-state index contributed by atoms with van der Waals surface area (Å²) >= 11 is 5.82. The number of pyridine rings is 1. The molecule has 0 aromatic carbocycles. The third-order valence-electron chi connectivity index (χ3n) is 2.11. The van der Waals surface area contributed by atoms with Gasteiger partial charge in [0.25, 0.3) is 0 Å². The molecule has 12 heavy (non-hydrogen) atoms. The minimum atomic E-state index is -0.0999. The molecule has 0 N–H and O–H groups in total. The molecule has 1 fully saturated rings. The summed E-state index contributed by atoms with van der Waals surface area (Å²) in [6.07, 6.45) is 0. The Morgan fingerprint density at radius 1 is 1.58 bits per heavy atom. The van der Waals surface area contributed by atoms with Crippen molar-refractivity contribution in [3.05, 3.63) is 28.5 Å². The summed E-state index contributed by atoms with van der Waals surface area (Å²) in [5, 5.41) is 0.543. The van der Waals surface area contributed by atoms with Gasteiger partial charge >= 0.3 is 0 Å². The van der Waals surface area contributed by atoms with Crippen molar-refractivity contribution in [2.45, 2.75) is 19.4 Å². The molecule has 3 heteroatoms. The summed E-state index contributed by atoms with van der Waals surface area (Å²) in [4.78, 5) is 4.09. The third kappa shape index (κ3) is 1.32. The van der Waals surface area contributed by atoms with E-state index >= 15 is 0 Å². The molecule has 64 valence electrons. The number of epoxide rings is 1. The van der Waals surface area contributed by atoms with Crippen LogP contribution in [0.4, 0.5) is 0 Å². The second-order valence-electron chi connectivity index (χ2n) is 3.34. The molecule has 2 nitrogen and oxygen atoms in total. The molecule has 1 atom stereocenters. The van der Waals surface area contributed by atoms with E-state index in [-0.39, 0.29) is 5.60 Å². The summed E-state index contributed by atoms with van der Waals surface area (Å²) in [5.74, 6) is 0. The predicted octanol–water partition coefficient (Wildman–Crippen LogP) is 2.29. The standard InChI is InChI=1S/C9H10ClNO/c1-6-3-7(4-8(10)11-6)9(2)5-12-9/h3-4H,5H2,1-2H3. The van der Waals surface area contributed by atoms with E-state index in [0.29, 0.717) is 5.15 Å². The lowest BCUT2D eigenvalue weighted by Crippen LogP contribution is -2.03. The van der Waals surface area contributed by atoms with Crippen molar-refractivity contribution >= 4 is 11.6 Å². The molecule has 2 heterocycles. The number of hydrogen-bond donors (Lipinski definition) is 0. The first-order chi connectivity index (χ1) is 5.60. The Balaban J connectivity index is 2.44. The molecule has 0 aliphatic carbocycles. The number of aromatic nitrogens is 1. The Kier molecular flexibility index (Phi) is 1.63. The number of rotatable bonds is 1. The Morgan fingerprint density at radius 3 is 2.75 bits per heavy atom. The predicted molar refractivity (Wildman–Crippen MR) is 47.3 cm³/mol. The van der Waals surface area contributed by atoms with Gasteiger partial charge in [-0.1, -0.05) is 11.6 Å². The lowest BCUT2D eigenvalue weighted by atomic mass is 10.0. The molecule has 1 aliphatic rings. The molecule has 0 saturated carbocycles. The minimum Gasteiger partial charge on any atom is -0.365 e. The summed E-state index contributed by atoms with van der Waals surface area (Å²) in [7, 11) is 0. The monoisotopic (exact) mass is 183 g/mol. The van der Waals surface area contributed by atoms with E-state index in [9.17, 15) is 0 Å². The average Bonchev–Trinajstić information content (AvgIpc) is 2.67. The van der Waals surface area contributed by atoms with E-state index < -0.39 is 0 Å². The zero-order valence-electron chi connectivity index (χ0n) is 7.10. The molecule has 0 spiro atoms.